The number of esters is 1. The van der Waals surface area contributed by atoms with E-state index in [1.165, 1.54) is 30.4 Å². The van der Waals surface area contributed by atoms with Crippen LogP contribution in [0.1, 0.15) is 16.6 Å². The average Bonchev–Trinajstić information content (AvgIpc) is 3.01. The van der Waals surface area contributed by atoms with E-state index in [2.05, 4.69) is 5.32 Å². The Balaban J connectivity index is 1.67. The average molecular weight is 378 g/mol. The first-order valence-electron chi connectivity index (χ1n) is 7.39. The molecule has 0 aliphatic rings. The molecule has 0 saturated heterocycles. The van der Waals surface area contributed by atoms with Crippen molar-refractivity contribution in [3.63, 3.8) is 0 Å². The van der Waals surface area contributed by atoms with E-state index < -0.39 is 23.8 Å². The third-order valence-electron chi connectivity index (χ3n) is 3.47. The van der Waals surface area contributed by atoms with Crippen LogP contribution in [-0.2, 0) is 9.53 Å². The summed E-state index contributed by atoms with van der Waals surface area (Å²) < 4.78 is 19.8. The second-order valence-electron chi connectivity index (χ2n) is 5.31. The molecule has 0 bridgehead atoms. The van der Waals surface area contributed by atoms with Crippen LogP contribution in [0.3, 0.4) is 0 Å². The van der Waals surface area contributed by atoms with Crippen LogP contribution < -0.4 is 5.32 Å². The molecule has 0 aliphatic heterocycles. The van der Waals surface area contributed by atoms with Crippen molar-refractivity contribution < 1.29 is 18.7 Å². The van der Waals surface area contributed by atoms with E-state index in [-0.39, 0.29) is 10.7 Å². The number of ether oxygens (including phenoxy) is 1. The number of nitrogens with one attached hydrogen (secondary N) is 1. The van der Waals surface area contributed by atoms with Gasteiger partial charge in [-0.3, -0.25) is 4.79 Å². The van der Waals surface area contributed by atoms with E-state index in [1.807, 2.05) is 24.3 Å². The number of carbonyl (C=O) groups is 2. The quantitative estimate of drug-likeness (QED) is 0.659. The van der Waals surface area contributed by atoms with Crippen LogP contribution in [0.15, 0.2) is 48.5 Å². The number of anilines is 1. The zero-order valence-corrected chi connectivity index (χ0v) is 14.7. The van der Waals surface area contributed by atoms with Crippen molar-refractivity contribution in [2.75, 3.05) is 5.32 Å². The van der Waals surface area contributed by atoms with Crippen LogP contribution >= 0.6 is 22.9 Å². The zero-order chi connectivity index (χ0) is 18.0. The summed E-state index contributed by atoms with van der Waals surface area (Å²) in [6.07, 6.45) is -1.08. The lowest BCUT2D eigenvalue weighted by molar-refractivity contribution is -0.123. The first-order valence-corrected chi connectivity index (χ1v) is 8.59. The maximum absolute atomic E-state index is 13.7. The Bertz CT molecular complexity index is 923. The van der Waals surface area contributed by atoms with Crippen LogP contribution in [0.4, 0.5) is 10.1 Å². The van der Waals surface area contributed by atoms with E-state index in [0.717, 1.165) is 16.2 Å². The van der Waals surface area contributed by atoms with Crippen molar-refractivity contribution in [3.8, 4) is 0 Å². The molecule has 1 heterocycles. The molecule has 7 heteroatoms. The molecular weight excluding hydrogens is 365 g/mol. The zero-order valence-electron chi connectivity index (χ0n) is 13.1. The van der Waals surface area contributed by atoms with Crippen molar-refractivity contribution >= 4 is 50.6 Å². The highest BCUT2D eigenvalue weighted by Gasteiger charge is 2.21. The standard InChI is InChI=1S/C18H13ClFNO3S/c1-10(17(22)21-14-7-6-12(19)9-13(14)20)24-18(23)16-8-11-4-2-3-5-15(11)25-16/h2-10H,1H3,(H,21,22)/t10-/m0/s1. The molecule has 0 radical (unpaired) electrons. The minimum Gasteiger partial charge on any atom is -0.448 e. The van der Waals surface area contributed by atoms with Crippen LogP contribution in [0.2, 0.25) is 5.02 Å². The molecule has 0 saturated carbocycles. The van der Waals surface area contributed by atoms with Gasteiger partial charge in [0.15, 0.2) is 6.10 Å². The monoisotopic (exact) mass is 377 g/mol. The number of rotatable bonds is 4. The number of carbonyl (C=O) groups excluding carboxylic acids is 2. The molecule has 4 nitrogen and oxygen atoms in total. The van der Waals surface area contributed by atoms with E-state index >= 15 is 0 Å². The van der Waals surface area contributed by atoms with Crippen LogP contribution in [0, 0.1) is 5.82 Å². The van der Waals surface area contributed by atoms with E-state index in [9.17, 15) is 14.0 Å². The van der Waals surface area contributed by atoms with Crippen molar-refractivity contribution in [2.24, 2.45) is 0 Å². The third kappa shape index (κ3) is 3.97. The Kier molecular flexibility index (Phi) is 5.01. The molecule has 1 N–H and O–H groups in total. The summed E-state index contributed by atoms with van der Waals surface area (Å²) in [6.45, 7) is 1.42. The fraction of sp³-hybridized carbons (Fsp3) is 0.111. The van der Waals surface area contributed by atoms with Gasteiger partial charge in [0.05, 0.1) is 5.69 Å². The lowest BCUT2D eigenvalue weighted by Gasteiger charge is -2.13. The Hall–Kier alpha value is -2.44. The van der Waals surface area contributed by atoms with Crippen LogP contribution in [0.5, 0.6) is 0 Å². The number of thiophene rings is 1. The molecule has 1 aromatic heterocycles. The normalized spacial score (nSPS) is 12.0. The van der Waals surface area contributed by atoms with E-state index in [1.54, 1.807) is 6.07 Å². The van der Waals surface area contributed by atoms with Gasteiger partial charge in [-0.2, -0.15) is 0 Å². The smallest absolute Gasteiger partial charge is 0.349 e. The van der Waals surface area contributed by atoms with E-state index in [0.29, 0.717) is 4.88 Å². The second kappa shape index (κ2) is 7.21. The lowest BCUT2D eigenvalue weighted by atomic mass is 10.2. The van der Waals surface area contributed by atoms with Crippen molar-refractivity contribution in [2.45, 2.75) is 13.0 Å². The molecule has 1 atom stereocenters. The minimum absolute atomic E-state index is 0.0286. The molecule has 0 spiro atoms. The highest BCUT2D eigenvalue weighted by atomic mass is 35.5. The Labute approximate surface area is 152 Å². The first-order chi connectivity index (χ1) is 11.9. The maximum atomic E-state index is 13.7. The highest BCUT2D eigenvalue weighted by Crippen LogP contribution is 2.26. The summed E-state index contributed by atoms with van der Waals surface area (Å²) in [7, 11) is 0. The van der Waals surface area contributed by atoms with Gasteiger partial charge >= 0.3 is 5.97 Å². The number of halogens is 2. The van der Waals surface area contributed by atoms with Gasteiger partial charge in [-0.25, -0.2) is 9.18 Å². The van der Waals surface area contributed by atoms with Crippen molar-refractivity contribution in [1.29, 1.82) is 0 Å². The summed E-state index contributed by atoms with van der Waals surface area (Å²) in [5.74, 6) is -1.89. The second-order valence-corrected chi connectivity index (χ2v) is 6.83. The largest absolute Gasteiger partial charge is 0.448 e. The SMILES string of the molecule is C[C@H](OC(=O)c1cc2ccccc2s1)C(=O)Nc1ccc(Cl)cc1F. The number of benzene rings is 2. The molecule has 3 aromatic rings. The molecule has 0 fully saturated rings. The van der Waals surface area contributed by atoms with Gasteiger partial charge in [0, 0.05) is 9.72 Å². The number of amides is 1. The van der Waals surface area contributed by atoms with Gasteiger partial charge < -0.3 is 10.1 Å². The maximum Gasteiger partial charge on any atom is 0.349 e. The molecule has 1 amide bonds. The summed E-state index contributed by atoms with van der Waals surface area (Å²) >= 11 is 6.95. The van der Waals surface area contributed by atoms with Gasteiger partial charge in [-0.1, -0.05) is 29.8 Å². The van der Waals surface area contributed by atoms with Gasteiger partial charge in [0.2, 0.25) is 0 Å². The van der Waals surface area contributed by atoms with Gasteiger partial charge in [-0.15, -0.1) is 11.3 Å². The van der Waals surface area contributed by atoms with Gasteiger partial charge in [0.1, 0.15) is 10.7 Å². The Morgan fingerprint density at radius 1 is 1.20 bits per heavy atom. The molecular formula is C18H13ClFNO3S. The highest BCUT2D eigenvalue weighted by molar-refractivity contribution is 7.20. The molecule has 3 rings (SSSR count). The first kappa shape index (κ1) is 17.4. The predicted octanol–water partition coefficient (Wildman–Crippen LogP) is 4.88. The molecule has 128 valence electrons. The van der Waals surface area contributed by atoms with E-state index in [4.69, 9.17) is 16.3 Å². The fourth-order valence-electron chi connectivity index (χ4n) is 2.18. The third-order valence-corrected chi connectivity index (χ3v) is 4.80. The summed E-state index contributed by atoms with van der Waals surface area (Å²) in [5.41, 5.74) is -0.0286. The molecule has 25 heavy (non-hydrogen) atoms. The summed E-state index contributed by atoms with van der Waals surface area (Å²) in [5, 5.41) is 3.53. The molecule has 0 unspecified atom stereocenters. The fourth-order valence-corrected chi connectivity index (χ4v) is 3.28. The number of hydrogen-bond acceptors (Lipinski definition) is 4. The molecule has 0 aliphatic carbocycles. The Morgan fingerprint density at radius 3 is 2.68 bits per heavy atom. The number of fused-ring (bicyclic) bond motifs is 1. The van der Waals surface area contributed by atoms with Crippen LogP contribution in [0.25, 0.3) is 10.1 Å². The topological polar surface area (TPSA) is 55.4 Å². The lowest BCUT2D eigenvalue weighted by Crippen LogP contribution is -2.30. The predicted molar refractivity (Wildman–Crippen MR) is 96.7 cm³/mol. The van der Waals surface area contributed by atoms with Crippen molar-refractivity contribution in [1.82, 2.24) is 0 Å². The molecule has 2 aromatic carbocycles. The van der Waals surface area contributed by atoms with Gasteiger partial charge in [-0.05, 0) is 42.6 Å². The minimum atomic E-state index is -1.08. The van der Waals surface area contributed by atoms with Crippen molar-refractivity contribution in [3.05, 3.63) is 64.2 Å². The number of hydrogen-bond donors (Lipinski definition) is 1. The van der Waals surface area contributed by atoms with Crippen LogP contribution in [-0.4, -0.2) is 18.0 Å². The summed E-state index contributed by atoms with van der Waals surface area (Å²) in [6, 6.07) is 13.1. The van der Waals surface area contributed by atoms with Gasteiger partial charge in [0.25, 0.3) is 5.91 Å². The Morgan fingerprint density at radius 2 is 1.96 bits per heavy atom. The summed E-state index contributed by atoms with van der Waals surface area (Å²) in [4.78, 5) is 24.7.